The van der Waals surface area contributed by atoms with E-state index in [2.05, 4.69) is 13.8 Å². The van der Waals surface area contributed by atoms with E-state index >= 15 is 0 Å². The van der Waals surface area contributed by atoms with Crippen molar-refractivity contribution in [2.45, 2.75) is 50.5 Å². The van der Waals surface area contributed by atoms with Gasteiger partial charge in [0.1, 0.15) is 0 Å². The Morgan fingerprint density at radius 3 is 2.42 bits per heavy atom. The van der Waals surface area contributed by atoms with Gasteiger partial charge in [0.05, 0.1) is 14.1 Å². The van der Waals surface area contributed by atoms with Crippen molar-refractivity contribution >= 4 is 8.80 Å². The van der Waals surface area contributed by atoms with Crippen molar-refractivity contribution in [3.05, 3.63) is 0 Å². The normalized spacial score (nSPS) is 31.0. The predicted octanol–water partition coefficient (Wildman–Crippen LogP) is 1.65. The van der Waals surface area contributed by atoms with E-state index in [1.54, 1.807) is 0 Å². The van der Waals surface area contributed by atoms with Crippen LogP contribution in [0.1, 0.15) is 33.1 Å². The summed E-state index contributed by atoms with van der Waals surface area (Å²) in [5.41, 5.74) is 6.26. The summed E-state index contributed by atoms with van der Waals surface area (Å²) >= 11 is 0. The van der Waals surface area contributed by atoms with Crippen LogP contribution in [0.15, 0.2) is 0 Å². The first kappa shape index (κ1) is 10.2. The lowest BCUT2D eigenvalue weighted by molar-refractivity contribution is -0.0191. The molecule has 12 heavy (non-hydrogen) atoms. The van der Waals surface area contributed by atoms with Gasteiger partial charge in [-0.25, -0.2) is 0 Å². The lowest BCUT2D eigenvalue weighted by Gasteiger charge is -2.39. The second-order valence-corrected chi connectivity index (χ2v) is 7.78. The summed E-state index contributed by atoms with van der Waals surface area (Å²) in [6.07, 6.45) is 3.57. The molecule has 1 aliphatic heterocycles. The first-order valence-corrected chi connectivity index (χ1v) is 7.36. The molecule has 0 aliphatic carbocycles. The highest BCUT2D eigenvalue weighted by Crippen LogP contribution is 2.25. The first-order valence-electron chi connectivity index (χ1n) is 5.15. The van der Waals surface area contributed by atoms with Gasteiger partial charge in [-0.3, -0.25) is 0 Å². The number of nitrogens with two attached hydrogens (primary N) is 1. The van der Waals surface area contributed by atoms with Gasteiger partial charge < -0.3 is 10.5 Å². The van der Waals surface area contributed by atoms with E-state index in [9.17, 15) is 0 Å². The van der Waals surface area contributed by atoms with Gasteiger partial charge in [-0.15, -0.1) is 0 Å². The minimum Gasteiger partial charge on any atom is -0.365 e. The zero-order valence-electron chi connectivity index (χ0n) is 8.31. The van der Waals surface area contributed by atoms with E-state index in [1.807, 2.05) is 0 Å². The molecule has 0 radical (unpaired) electrons. The highest BCUT2D eigenvalue weighted by atomic mass is 28.3. The van der Waals surface area contributed by atoms with Crippen molar-refractivity contribution in [1.82, 2.24) is 0 Å². The van der Waals surface area contributed by atoms with Crippen molar-refractivity contribution in [1.29, 1.82) is 0 Å². The first-order chi connectivity index (χ1) is 5.73. The monoisotopic (exact) mass is 187 g/mol. The third kappa shape index (κ3) is 2.09. The molecule has 1 fully saturated rings. The molecule has 1 heterocycles. The predicted molar refractivity (Wildman–Crippen MR) is 54.8 cm³/mol. The van der Waals surface area contributed by atoms with Crippen molar-refractivity contribution in [2.24, 2.45) is 5.73 Å². The van der Waals surface area contributed by atoms with E-state index in [1.165, 1.54) is 24.9 Å². The molecule has 1 rings (SSSR count). The fourth-order valence-electron chi connectivity index (χ4n) is 2.14. The van der Waals surface area contributed by atoms with E-state index in [-0.39, 0.29) is 5.35 Å². The molecular weight excluding hydrogens is 166 g/mol. The van der Waals surface area contributed by atoms with Gasteiger partial charge in [-0.1, -0.05) is 25.9 Å². The molecule has 2 N–H and O–H groups in total. The lowest BCUT2D eigenvalue weighted by Crippen LogP contribution is -2.57. The summed E-state index contributed by atoms with van der Waals surface area (Å²) in [5.74, 6) is 0. The number of ether oxygens (including phenoxy) is 1. The van der Waals surface area contributed by atoms with Gasteiger partial charge in [0.2, 0.25) is 0 Å². The average Bonchev–Trinajstić information content (AvgIpc) is 2.07. The summed E-state index contributed by atoms with van der Waals surface area (Å²) < 4.78 is 5.75. The molecule has 0 aromatic heterocycles. The molecule has 0 aromatic rings. The van der Waals surface area contributed by atoms with Crippen LogP contribution < -0.4 is 5.73 Å². The van der Waals surface area contributed by atoms with E-state index in [0.717, 1.165) is 13.0 Å². The average molecular weight is 187 g/mol. The summed E-state index contributed by atoms with van der Waals surface area (Å²) in [6.45, 7) is 5.40. The number of rotatable bonds is 3. The molecule has 2 nitrogen and oxygen atoms in total. The maximum absolute atomic E-state index is 6.26. The zero-order chi connectivity index (χ0) is 9.03. The van der Waals surface area contributed by atoms with Crippen LogP contribution >= 0.6 is 0 Å². The summed E-state index contributed by atoms with van der Waals surface area (Å²) in [5, 5.41) is -0.165. The molecule has 1 saturated heterocycles. The molecule has 0 spiro atoms. The second kappa shape index (κ2) is 4.39. The summed E-state index contributed by atoms with van der Waals surface area (Å²) in [6, 6.07) is 2.54. The minimum atomic E-state index is -0.833. The summed E-state index contributed by atoms with van der Waals surface area (Å²) in [4.78, 5) is 0. The molecule has 1 atom stereocenters. The Kier molecular flexibility index (Phi) is 3.74. The fourth-order valence-corrected chi connectivity index (χ4v) is 5.06. The summed E-state index contributed by atoms with van der Waals surface area (Å²) in [7, 11) is -0.833. The third-order valence-corrected chi connectivity index (χ3v) is 6.82. The molecule has 1 aliphatic rings. The Morgan fingerprint density at radius 1 is 1.33 bits per heavy atom. The Labute approximate surface area is 77.1 Å². The zero-order valence-corrected chi connectivity index (χ0v) is 9.46. The standard InChI is InChI=1S/C9H21NOSi/c1-3-12(4-2)9(10)7-5-6-8-11-9/h12H,3-8,10H2,1-2H3. The van der Waals surface area contributed by atoms with E-state index in [4.69, 9.17) is 10.5 Å². The Bertz CT molecular complexity index is 130. The van der Waals surface area contributed by atoms with Gasteiger partial charge in [0.25, 0.3) is 0 Å². The fraction of sp³-hybridized carbons (Fsp3) is 1.00. The van der Waals surface area contributed by atoms with Crippen molar-refractivity contribution < 1.29 is 4.74 Å². The van der Waals surface area contributed by atoms with Gasteiger partial charge in [0, 0.05) is 6.61 Å². The molecule has 72 valence electrons. The molecular formula is C9H21NOSi. The number of hydrogen-bond donors (Lipinski definition) is 1. The maximum atomic E-state index is 6.26. The van der Waals surface area contributed by atoms with Crippen LogP contribution in [-0.4, -0.2) is 20.8 Å². The van der Waals surface area contributed by atoms with Gasteiger partial charge in [-0.2, -0.15) is 0 Å². The number of hydrogen-bond acceptors (Lipinski definition) is 2. The van der Waals surface area contributed by atoms with Gasteiger partial charge >= 0.3 is 0 Å². The highest BCUT2D eigenvalue weighted by molar-refractivity contribution is 6.61. The molecule has 0 saturated carbocycles. The molecule has 0 aromatic carbocycles. The maximum Gasteiger partial charge on any atom is 0.0992 e. The molecule has 0 amide bonds. The highest BCUT2D eigenvalue weighted by Gasteiger charge is 2.35. The van der Waals surface area contributed by atoms with Crippen molar-refractivity contribution in [3.63, 3.8) is 0 Å². The molecule has 3 heteroatoms. The topological polar surface area (TPSA) is 35.2 Å². The largest absolute Gasteiger partial charge is 0.365 e. The van der Waals surface area contributed by atoms with Crippen LogP contribution in [0.25, 0.3) is 0 Å². The van der Waals surface area contributed by atoms with Crippen molar-refractivity contribution in [3.8, 4) is 0 Å². The second-order valence-electron chi connectivity index (χ2n) is 3.77. The Balaban J connectivity index is 2.53. The van der Waals surface area contributed by atoms with E-state index in [0.29, 0.717) is 0 Å². The van der Waals surface area contributed by atoms with Crippen LogP contribution in [0.4, 0.5) is 0 Å². The third-order valence-electron chi connectivity index (χ3n) is 3.01. The van der Waals surface area contributed by atoms with Crippen LogP contribution in [0, 0.1) is 0 Å². The Hall–Kier alpha value is 0.137. The van der Waals surface area contributed by atoms with Gasteiger partial charge in [0.15, 0.2) is 0 Å². The SMILES string of the molecule is CC[SiH](CC)C1(N)CCCCO1. The van der Waals surface area contributed by atoms with Crippen LogP contribution in [0.2, 0.25) is 12.1 Å². The van der Waals surface area contributed by atoms with E-state index < -0.39 is 8.80 Å². The molecule has 1 unspecified atom stereocenters. The van der Waals surface area contributed by atoms with Crippen LogP contribution in [0.5, 0.6) is 0 Å². The minimum absolute atomic E-state index is 0.165. The lowest BCUT2D eigenvalue weighted by atomic mass is 10.2. The van der Waals surface area contributed by atoms with Gasteiger partial charge in [-0.05, 0) is 19.3 Å². The quantitative estimate of drug-likeness (QED) is 0.682. The molecule has 0 bridgehead atoms. The van der Waals surface area contributed by atoms with Crippen molar-refractivity contribution in [2.75, 3.05) is 6.61 Å². The Morgan fingerprint density at radius 2 is 2.00 bits per heavy atom. The van der Waals surface area contributed by atoms with Crippen LogP contribution in [0.3, 0.4) is 0 Å². The smallest absolute Gasteiger partial charge is 0.0992 e. The van der Waals surface area contributed by atoms with Crippen LogP contribution in [-0.2, 0) is 4.74 Å².